The highest BCUT2D eigenvalue weighted by Gasteiger charge is 2.25. The molecule has 0 atom stereocenters. The first-order chi connectivity index (χ1) is 15.0. The van der Waals surface area contributed by atoms with Gasteiger partial charge in [0.05, 0.1) is 18.7 Å². The number of ketones is 1. The molecule has 7 heteroatoms. The molecule has 0 aliphatic carbocycles. The molecule has 1 N–H and O–H groups in total. The number of hydrogen-bond donors (Lipinski definition) is 1. The number of unbranched alkanes of at least 4 members (excludes halogenated alkanes) is 1. The highest BCUT2D eigenvalue weighted by Crippen LogP contribution is 2.27. The van der Waals surface area contributed by atoms with Crippen LogP contribution in [0.3, 0.4) is 0 Å². The Kier molecular flexibility index (Phi) is 6.83. The molecule has 0 saturated heterocycles. The summed E-state index contributed by atoms with van der Waals surface area (Å²) in [5.41, 5.74) is 0.177. The fraction of sp³-hybridized carbons (Fsp3) is 0.250. The molecule has 3 rings (SSSR count). The Labute approximate surface area is 180 Å². The van der Waals surface area contributed by atoms with Crippen molar-refractivity contribution in [3.05, 3.63) is 87.0 Å². The molecule has 3 aromatic rings. The fourth-order valence-electron chi connectivity index (χ4n) is 3.25. The van der Waals surface area contributed by atoms with Crippen molar-refractivity contribution in [2.75, 3.05) is 6.61 Å². The van der Waals surface area contributed by atoms with E-state index in [0.29, 0.717) is 23.5 Å². The Morgan fingerprint density at radius 3 is 2.77 bits per heavy atom. The summed E-state index contributed by atoms with van der Waals surface area (Å²) >= 11 is 0. The molecule has 1 aromatic carbocycles. The number of nitrogens with zero attached hydrogens (tertiary/aromatic N) is 3. The van der Waals surface area contributed by atoms with E-state index in [1.165, 1.54) is 6.92 Å². The lowest BCUT2D eigenvalue weighted by Crippen LogP contribution is -2.27. The largest absolute Gasteiger partial charge is 0.494 e. The van der Waals surface area contributed by atoms with Crippen LogP contribution in [-0.2, 0) is 6.54 Å². The van der Waals surface area contributed by atoms with Crippen molar-refractivity contribution >= 4 is 5.78 Å². The SMILES string of the molecule is CCCCOc1cccc(C(=O)c2c(C)c(C#N)c(=O)n(Cc3cccnc3)c2O)c1. The van der Waals surface area contributed by atoms with Crippen LogP contribution in [0.5, 0.6) is 11.6 Å². The maximum atomic E-state index is 13.3. The molecule has 0 fully saturated rings. The van der Waals surface area contributed by atoms with Crippen LogP contribution in [0, 0.1) is 18.3 Å². The molecule has 0 saturated carbocycles. The maximum Gasteiger partial charge on any atom is 0.271 e. The van der Waals surface area contributed by atoms with Gasteiger partial charge in [0, 0.05) is 18.0 Å². The van der Waals surface area contributed by atoms with Gasteiger partial charge in [-0.2, -0.15) is 5.26 Å². The zero-order valence-electron chi connectivity index (χ0n) is 17.5. The lowest BCUT2D eigenvalue weighted by atomic mass is 9.97. The molecule has 0 aliphatic rings. The van der Waals surface area contributed by atoms with Crippen LogP contribution in [-0.4, -0.2) is 27.0 Å². The van der Waals surface area contributed by atoms with Crippen molar-refractivity contribution in [1.82, 2.24) is 9.55 Å². The molecule has 2 heterocycles. The lowest BCUT2D eigenvalue weighted by Gasteiger charge is -2.16. The number of nitriles is 1. The molecule has 31 heavy (non-hydrogen) atoms. The Morgan fingerprint density at radius 1 is 1.29 bits per heavy atom. The number of ether oxygens (including phenoxy) is 1. The van der Waals surface area contributed by atoms with Gasteiger partial charge in [-0.25, -0.2) is 0 Å². The Hall–Kier alpha value is -3.92. The van der Waals surface area contributed by atoms with E-state index in [2.05, 4.69) is 11.9 Å². The van der Waals surface area contributed by atoms with Crippen molar-refractivity contribution in [2.45, 2.75) is 33.2 Å². The molecule has 0 radical (unpaired) electrons. The zero-order valence-corrected chi connectivity index (χ0v) is 17.5. The van der Waals surface area contributed by atoms with E-state index < -0.39 is 17.2 Å². The second-order valence-corrected chi connectivity index (χ2v) is 7.12. The van der Waals surface area contributed by atoms with Crippen molar-refractivity contribution in [1.29, 1.82) is 5.26 Å². The van der Waals surface area contributed by atoms with Gasteiger partial charge in [-0.3, -0.25) is 19.1 Å². The first-order valence-electron chi connectivity index (χ1n) is 10.0. The standard InChI is InChI=1S/C24H23N3O4/c1-3-4-11-31-19-9-5-8-18(12-19)22(28)21-16(2)20(13-25)23(29)27(24(21)30)15-17-7-6-10-26-14-17/h5-10,12,14,30H,3-4,11,15H2,1-2H3. The smallest absolute Gasteiger partial charge is 0.271 e. The second-order valence-electron chi connectivity index (χ2n) is 7.12. The van der Waals surface area contributed by atoms with Crippen LogP contribution in [0.4, 0.5) is 0 Å². The van der Waals surface area contributed by atoms with E-state index in [-0.39, 0.29) is 23.2 Å². The van der Waals surface area contributed by atoms with Gasteiger partial charge in [0.15, 0.2) is 5.78 Å². The highest BCUT2D eigenvalue weighted by atomic mass is 16.5. The molecule has 2 aromatic heterocycles. The molecule has 7 nitrogen and oxygen atoms in total. The Morgan fingerprint density at radius 2 is 2.10 bits per heavy atom. The van der Waals surface area contributed by atoms with Gasteiger partial charge in [-0.05, 0) is 42.7 Å². The van der Waals surface area contributed by atoms with Gasteiger partial charge in [0.2, 0.25) is 5.88 Å². The molecule has 0 spiro atoms. The molecule has 0 aliphatic heterocycles. The predicted molar refractivity (Wildman–Crippen MR) is 115 cm³/mol. The minimum atomic E-state index is -0.658. The van der Waals surface area contributed by atoms with Crippen molar-refractivity contribution in [2.24, 2.45) is 0 Å². The molecule has 158 valence electrons. The monoisotopic (exact) mass is 417 g/mol. The van der Waals surface area contributed by atoms with E-state index in [1.54, 1.807) is 48.8 Å². The van der Waals surface area contributed by atoms with Gasteiger partial charge in [0.25, 0.3) is 5.56 Å². The van der Waals surface area contributed by atoms with E-state index in [1.807, 2.05) is 6.07 Å². The third-order valence-corrected chi connectivity index (χ3v) is 4.95. The zero-order chi connectivity index (χ0) is 22.4. The van der Waals surface area contributed by atoms with Crippen molar-refractivity contribution < 1.29 is 14.6 Å². The minimum Gasteiger partial charge on any atom is -0.494 e. The van der Waals surface area contributed by atoms with Gasteiger partial charge in [-0.1, -0.05) is 31.5 Å². The average Bonchev–Trinajstić information content (AvgIpc) is 2.78. The van der Waals surface area contributed by atoms with Crippen LogP contribution in [0.2, 0.25) is 0 Å². The first kappa shape index (κ1) is 21.8. The average molecular weight is 417 g/mol. The third-order valence-electron chi connectivity index (χ3n) is 4.95. The number of rotatable bonds is 8. The van der Waals surface area contributed by atoms with Crippen molar-refractivity contribution in [3.8, 4) is 17.7 Å². The Bertz CT molecular complexity index is 1190. The van der Waals surface area contributed by atoms with Gasteiger partial charge in [0.1, 0.15) is 17.4 Å². The summed E-state index contributed by atoms with van der Waals surface area (Å²) in [7, 11) is 0. The summed E-state index contributed by atoms with van der Waals surface area (Å²) in [5.74, 6) is -0.430. The second kappa shape index (κ2) is 9.72. The Balaban J connectivity index is 2.07. The summed E-state index contributed by atoms with van der Waals surface area (Å²) in [5, 5.41) is 20.4. The summed E-state index contributed by atoms with van der Waals surface area (Å²) in [6, 6.07) is 12.0. The van der Waals surface area contributed by atoms with E-state index in [4.69, 9.17) is 4.74 Å². The van der Waals surface area contributed by atoms with Crippen LogP contribution in [0.15, 0.2) is 53.6 Å². The first-order valence-corrected chi connectivity index (χ1v) is 10.0. The maximum absolute atomic E-state index is 13.3. The van der Waals surface area contributed by atoms with Crippen LogP contribution >= 0.6 is 0 Å². The topological polar surface area (TPSA) is 105 Å². The number of aromatic nitrogens is 2. The molecular weight excluding hydrogens is 394 g/mol. The summed E-state index contributed by atoms with van der Waals surface area (Å²) in [6.45, 7) is 4.06. The normalized spacial score (nSPS) is 10.5. The third kappa shape index (κ3) is 4.64. The van der Waals surface area contributed by atoms with E-state index in [9.17, 15) is 20.0 Å². The molecule has 0 bridgehead atoms. The van der Waals surface area contributed by atoms with Crippen LogP contribution < -0.4 is 10.3 Å². The number of carbonyl (C=O) groups is 1. The number of benzene rings is 1. The van der Waals surface area contributed by atoms with Gasteiger partial charge >= 0.3 is 0 Å². The minimum absolute atomic E-state index is 0.0199. The van der Waals surface area contributed by atoms with E-state index in [0.717, 1.165) is 17.4 Å². The summed E-state index contributed by atoms with van der Waals surface area (Å²) in [4.78, 5) is 30.1. The van der Waals surface area contributed by atoms with Crippen LogP contribution in [0.25, 0.3) is 0 Å². The highest BCUT2D eigenvalue weighted by molar-refractivity contribution is 6.11. The summed E-state index contributed by atoms with van der Waals surface area (Å²) < 4.78 is 6.70. The molecule has 0 amide bonds. The lowest BCUT2D eigenvalue weighted by molar-refractivity contribution is 0.103. The number of pyridine rings is 2. The predicted octanol–water partition coefficient (Wildman–Crippen LogP) is 3.59. The van der Waals surface area contributed by atoms with Gasteiger partial charge in [-0.15, -0.1) is 0 Å². The fourth-order valence-corrected chi connectivity index (χ4v) is 3.25. The number of aromatic hydroxyl groups is 1. The number of hydrogen-bond acceptors (Lipinski definition) is 6. The quantitative estimate of drug-likeness (QED) is 0.444. The molecular formula is C24H23N3O4. The summed E-state index contributed by atoms with van der Waals surface area (Å²) in [6.07, 6.45) is 5.02. The van der Waals surface area contributed by atoms with Crippen LogP contribution in [0.1, 0.15) is 52.4 Å². The number of carbonyl (C=O) groups excluding carboxylic acids is 1. The van der Waals surface area contributed by atoms with E-state index >= 15 is 0 Å². The molecule has 0 unspecified atom stereocenters. The van der Waals surface area contributed by atoms with Gasteiger partial charge < -0.3 is 9.84 Å². The van der Waals surface area contributed by atoms with Crippen molar-refractivity contribution in [3.63, 3.8) is 0 Å².